The van der Waals surface area contributed by atoms with Crippen molar-refractivity contribution in [2.75, 3.05) is 25.0 Å². The Bertz CT molecular complexity index is 465. The van der Waals surface area contributed by atoms with Gasteiger partial charge in [0.15, 0.2) is 0 Å². The van der Waals surface area contributed by atoms with Crippen molar-refractivity contribution in [3.63, 3.8) is 0 Å². The first kappa shape index (κ1) is 15.5. The Morgan fingerprint density at radius 3 is 2.35 bits per heavy atom. The maximum atomic E-state index is 6.29. The Hall–Kier alpha value is -0.870. The van der Waals surface area contributed by atoms with Crippen LogP contribution in [0.3, 0.4) is 0 Å². The van der Waals surface area contributed by atoms with Gasteiger partial charge in [0.05, 0.1) is 0 Å². The minimum atomic E-state index is 0.515. The largest absolute Gasteiger partial charge is 0.353 e. The van der Waals surface area contributed by atoms with E-state index in [1.165, 1.54) is 0 Å². The molecule has 0 spiro atoms. The van der Waals surface area contributed by atoms with E-state index in [1.54, 1.807) is 0 Å². The van der Waals surface area contributed by atoms with Crippen LogP contribution in [0.25, 0.3) is 0 Å². The average molecular weight is 297 g/mol. The monoisotopic (exact) mass is 296 g/mol. The predicted octanol–water partition coefficient (Wildman–Crippen LogP) is 2.92. The topological polar surface area (TPSA) is 32.3 Å². The maximum absolute atomic E-state index is 6.29. The minimum absolute atomic E-state index is 0.515. The van der Waals surface area contributed by atoms with Crippen LogP contribution in [0.15, 0.2) is 0 Å². The molecule has 0 aromatic carbocycles. The van der Waals surface area contributed by atoms with E-state index in [4.69, 9.17) is 16.6 Å². The number of anilines is 1. The van der Waals surface area contributed by atoms with Gasteiger partial charge in [0.1, 0.15) is 16.8 Å². The summed E-state index contributed by atoms with van der Waals surface area (Å²) in [4.78, 5) is 13.9. The summed E-state index contributed by atoms with van der Waals surface area (Å²) in [6.45, 7) is 10.6. The number of likely N-dealkylation sites (N-methyl/N-ethyl adjacent to an activating group) is 1. The fourth-order valence-electron chi connectivity index (χ4n) is 2.74. The zero-order chi connectivity index (χ0) is 14.9. The zero-order valence-corrected chi connectivity index (χ0v) is 13.9. The van der Waals surface area contributed by atoms with Gasteiger partial charge in [0.2, 0.25) is 0 Å². The number of halogens is 1. The van der Waals surface area contributed by atoms with E-state index in [0.717, 1.165) is 43.1 Å². The Balaban J connectivity index is 2.32. The fourth-order valence-corrected chi connectivity index (χ4v) is 2.92. The van der Waals surface area contributed by atoms with Gasteiger partial charge in [-0.1, -0.05) is 18.5 Å². The third-order valence-corrected chi connectivity index (χ3v) is 4.61. The van der Waals surface area contributed by atoms with Crippen molar-refractivity contribution in [1.29, 1.82) is 0 Å². The Morgan fingerprint density at radius 1 is 1.20 bits per heavy atom. The molecule has 20 heavy (non-hydrogen) atoms. The van der Waals surface area contributed by atoms with E-state index in [9.17, 15) is 0 Å². The second kappa shape index (κ2) is 6.27. The number of rotatable bonds is 3. The van der Waals surface area contributed by atoms with Crippen LogP contribution >= 0.6 is 11.6 Å². The summed E-state index contributed by atoms with van der Waals surface area (Å²) in [5.74, 6) is 1.87. The molecule has 2 unspecified atom stereocenters. The van der Waals surface area contributed by atoms with Crippen LogP contribution in [0.5, 0.6) is 0 Å². The van der Waals surface area contributed by atoms with Crippen molar-refractivity contribution in [1.82, 2.24) is 14.9 Å². The first-order valence-corrected chi connectivity index (χ1v) is 7.81. The lowest BCUT2D eigenvalue weighted by molar-refractivity contribution is 0.169. The van der Waals surface area contributed by atoms with E-state index < -0.39 is 0 Å². The van der Waals surface area contributed by atoms with Crippen molar-refractivity contribution in [3.8, 4) is 0 Å². The number of piperazine rings is 1. The van der Waals surface area contributed by atoms with Gasteiger partial charge in [-0.2, -0.15) is 0 Å². The van der Waals surface area contributed by atoms with Crippen LogP contribution in [-0.2, 0) is 6.42 Å². The van der Waals surface area contributed by atoms with Gasteiger partial charge in [0.25, 0.3) is 0 Å². The number of aromatic nitrogens is 2. The maximum Gasteiger partial charge on any atom is 0.137 e. The molecule has 2 heterocycles. The van der Waals surface area contributed by atoms with Gasteiger partial charge in [-0.3, -0.25) is 4.90 Å². The van der Waals surface area contributed by atoms with E-state index >= 15 is 0 Å². The third-order valence-electron chi connectivity index (χ3n) is 4.24. The van der Waals surface area contributed by atoms with Crippen molar-refractivity contribution >= 4 is 17.4 Å². The summed E-state index contributed by atoms with van der Waals surface area (Å²) >= 11 is 6.29. The molecule has 1 fully saturated rings. The molecule has 0 bridgehead atoms. The van der Waals surface area contributed by atoms with E-state index in [-0.39, 0.29) is 0 Å². The molecule has 1 aliphatic rings. The molecule has 0 radical (unpaired) electrons. The molecule has 1 aromatic heterocycles. The Kier molecular flexibility index (Phi) is 4.86. The minimum Gasteiger partial charge on any atom is -0.353 e. The molecule has 0 amide bonds. The van der Waals surface area contributed by atoms with Gasteiger partial charge < -0.3 is 4.90 Å². The van der Waals surface area contributed by atoms with Crippen LogP contribution in [0.4, 0.5) is 5.82 Å². The zero-order valence-electron chi connectivity index (χ0n) is 13.1. The molecule has 4 nitrogen and oxygen atoms in total. The molecular formula is C15H25ClN4. The summed E-state index contributed by atoms with van der Waals surface area (Å²) in [5, 5.41) is 0.595. The van der Waals surface area contributed by atoms with E-state index in [2.05, 4.69) is 42.6 Å². The second-order valence-corrected chi connectivity index (χ2v) is 6.26. The summed E-state index contributed by atoms with van der Waals surface area (Å²) in [7, 11) is 2.19. The molecule has 0 N–H and O–H groups in total. The lowest BCUT2D eigenvalue weighted by atomic mass is 10.1. The van der Waals surface area contributed by atoms with Crippen LogP contribution in [0.1, 0.15) is 38.6 Å². The van der Waals surface area contributed by atoms with Crippen molar-refractivity contribution in [2.24, 2.45) is 0 Å². The molecule has 112 valence electrons. The van der Waals surface area contributed by atoms with Gasteiger partial charge in [-0.05, 0) is 34.2 Å². The number of hydrogen-bond acceptors (Lipinski definition) is 4. The average Bonchev–Trinajstić information content (AvgIpc) is 2.39. The highest BCUT2D eigenvalue weighted by atomic mass is 35.5. The normalized spacial score (nSPS) is 24.2. The third kappa shape index (κ3) is 3.07. The van der Waals surface area contributed by atoms with Crippen LogP contribution in [0.2, 0.25) is 5.15 Å². The molecule has 1 aliphatic heterocycles. The van der Waals surface area contributed by atoms with Crippen molar-refractivity contribution < 1.29 is 0 Å². The molecule has 2 rings (SSSR count). The predicted molar refractivity (Wildman–Crippen MR) is 84.7 cm³/mol. The molecule has 1 saturated heterocycles. The second-order valence-electron chi connectivity index (χ2n) is 5.90. The molecule has 0 aliphatic carbocycles. The summed E-state index contributed by atoms with van der Waals surface area (Å²) in [6, 6.07) is 1.03. The standard InChI is InChI=1S/C15H25ClN4/c1-6-7-13-17-14(16)12(4)15(18-13)20-8-10(2)19(5)11(3)9-20/h10-11H,6-9H2,1-5H3. The number of aryl methyl sites for hydroxylation is 1. The van der Waals surface area contributed by atoms with Gasteiger partial charge in [-0.15, -0.1) is 0 Å². The van der Waals surface area contributed by atoms with Crippen molar-refractivity contribution in [3.05, 3.63) is 16.5 Å². The van der Waals surface area contributed by atoms with E-state index in [1.807, 2.05) is 6.92 Å². The Labute approximate surface area is 127 Å². The van der Waals surface area contributed by atoms with Gasteiger partial charge in [0, 0.05) is 37.2 Å². The molecule has 2 atom stereocenters. The lowest BCUT2D eigenvalue weighted by Gasteiger charge is -2.43. The molecule has 1 aromatic rings. The molecule has 0 saturated carbocycles. The summed E-state index contributed by atoms with van der Waals surface area (Å²) in [6.07, 6.45) is 1.92. The van der Waals surface area contributed by atoms with E-state index in [0.29, 0.717) is 17.2 Å². The summed E-state index contributed by atoms with van der Waals surface area (Å²) < 4.78 is 0. The van der Waals surface area contributed by atoms with Crippen LogP contribution < -0.4 is 4.90 Å². The highest BCUT2D eigenvalue weighted by molar-refractivity contribution is 6.30. The smallest absolute Gasteiger partial charge is 0.137 e. The lowest BCUT2D eigenvalue weighted by Crippen LogP contribution is -2.55. The van der Waals surface area contributed by atoms with Gasteiger partial charge in [-0.25, -0.2) is 9.97 Å². The SMILES string of the molecule is CCCc1nc(Cl)c(C)c(N2CC(C)N(C)C(C)C2)n1. The first-order valence-electron chi connectivity index (χ1n) is 7.43. The number of nitrogens with zero attached hydrogens (tertiary/aromatic N) is 4. The highest BCUT2D eigenvalue weighted by Crippen LogP contribution is 2.27. The summed E-state index contributed by atoms with van der Waals surface area (Å²) in [5.41, 5.74) is 0.996. The van der Waals surface area contributed by atoms with Crippen LogP contribution in [-0.4, -0.2) is 47.1 Å². The highest BCUT2D eigenvalue weighted by Gasteiger charge is 2.28. The molecule has 5 heteroatoms. The fraction of sp³-hybridized carbons (Fsp3) is 0.733. The Morgan fingerprint density at radius 2 is 1.80 bits per heavy atom. The van der Waals surface area contributed by atoms with Crippen molar-refractivity contribution in [2.45, 2.75) is 52.6 Å². The number of hydrogen-bond donors (Lipinski definition) is 0. The first-order chi connectivity index (χ1) is 9.43. The van der Waals surface area contributed by atoms with Crippen LogP contribution in [0, 0.1) is 6.92 Å². The molecular weight excluding hydrogens is 272 g/mol. The quantitative estimate of drug-likeness (QED) is 0.803. The van der Waals surface area contributed by atoms with Gasteiger partial charge >= 0.3 is 0 Å².